The van der Waals surface area contributed by atoms with Crippen molar-refractivity contribution in [1.29, 1.82) is 0 Å². The quantitative estimate of drug-likeness (QED) is 0.806. The zero-order chi connectivity index (χ0) is 12.5. The van der Waals surface area contributed by atoms with Crippen LogP contribution in [-0.4, -0.2) is 29.3 Å². The van der Waals surface area contributed by atoms with Crippen molar-refractivity contribution in [2.75, 3.05) is 13.1 Å². The second-order valence-electron chi connectivity index (χ2n) is 4.50. The number of nitrogens with zero attached hydrogens (tertiary/aromatic N) is 2. The molecule has 3 nitrogen and oxygen atoms in total. The van der Waals surface area contributed by atoms with Crippen LogP contribution in [0.25, 0.3) is 0 Å². The van der Waals surface area contributed by atoms with Gasteiger partial charge in [0, 0.05) is 12.1 Å². The minimum atomic E-state index is -4.04. The number of hydrogen-bond acceptors (Lipinski definition) is 3. The fraction of sp³-hybridized carbons (Fsp3) is 0.727. The van der Waals surface area contributed by atoms with Gasteiger partial charge in [0.05, 0.1) is 12.1 Å². The summed E-state index contributed by atoms with van der Waals surface area (Å²) in [7, 11) is 0. The van der Waals surface area contributed by atoms with Gasteiger partial charge in [0.25, 0.3) is 0 Å². The molecule has 0 radical (unpaired) electrons. The van der Waals surface area contributed by atoms with Crippen LogP contribution in [0.4, 0.5) is 13.2 Å². The molecule has 0 spiro atoms. The van der Waals surface area contributed by atoms with Gasteiger partial charge in [-0.1, -0.05) is 5.16 Å². The number of aryl methyl sites for hydroxylation is 1. The smallest absolute Gasteiger partial charge is 0.361 e. The minimum Gasteiger partial charge on any atom is -0.361 e. The number of alkyl halides is 3. The maximum Gasteiger partial charge on any atom is 0.391 e. The molecule has 1 aromatic heterocycles. The predicted molar refractivity (Wildman–Crippen MR) is 55.3 cm³/mol. The van der Waals surface area contributed by atoms with Gasteiger partial charge >= 0.3 is 6.18 Å². The molecule has 1 saturated heterocycles. The maximum atomic E-state index is 12.5. The molecular weight excluding hydrogens is 233 g/mol. The molecule has 1 aliphatic heterocycles. The lowest BCUT2D eigenvalue weighted by atomic mass is 9.96. The molecule has 2 rings (SSSR count). The summed E-state index contributed by atoms with van der Waals surface area (Å²) in [6.45, 7) is 3.40. The normalized spacial score (nSPS) is 19.8. The second kappa shape index (κ2) is 4.68. The highest BCUT2D eigenvalue weighted by molar-refractivity contribution is 5.11. The Bertz CT molecular complexity index is 367. The number of hydrogen-bond donors (Lipinski definition) is 0. The molecule has 0 aliphatic carbocycles. The monoisotopic (exact) mass is 248 g/mol. The summed E-state index contributed by atoms with van der Waals surface area (Å²) in [4.78, 5) is 2.02. The molecule has 17 heavy (non-hydrogen) atoms. The molecule has 2 heterocycles. The molecule has 0 saturated carbocycles. The Morgan fingerprint density at radius 2 is 2.06 bits per heavy atom. The molecule has 96 valence electrons. The third-order valence-electron chi connectivity index (χ3n) is 3.29. The van der Waals surface area contributed by atoms with Gasteiger partial charge in [-0.15, -0.1) is 0 Å². The highest BCUT2D eigenvalue weighted by Crippen LogP contribution is 2.34. The van der Waals surface area contributed by atoms with Gasteiger partial charge in [0.1, 0.15) is 5.76 Å². The molecule has 0 aromatic carbocycles. The van der Waals surface area contributed by atoms with Gasteiger partial charge in [-0.25, -0.2) is 0 Å². The van der Waals surface area contributed by atoms with E-state index in [1.54, 1.807) is 6.20 Å². The van der Waals surface area contributed by atoms with Gasteiger partial charge in [-0.3, -0.25) is 4.90 Å². The van der Waals surface area contributed by atoms with E-state index in [1.807, 2.05) is 11.8 Å². The van der Waals surface area contributed by atoms with Gasteiger partial charge < -0.3 is 4.52 Å². The lowest BCUT2D eigenvalue weighted by molar-refractivity contribution is -0.185. The molecular formula is C11H15F3N2O. The summed E-state index contributed by atoms with van der Waals surface area (Å²) < 4.78 is 42.3. The van der Waals surface area contributed by atoms with E-state index >= 15 is 0 Å². The minimum absolute atomic E-state index is 0.188. The lowest BCUT2D eigenvalue weighted by Crippen LogP contribution is -2.38. The van der Waals surface area contributed by atoms with E-state index in [0.717, 1.165) is 11.3 Å². The summed E-state index contributed by atoms with van der Waals surface area (Å²) in [5.74, 6) is -0.398. The molecule has 0 N–H and O–H groups in total. The zero-order valence-electron chi connectivity index (χ0n) is 9.63. The third kappa shape index (κ3) is 3.00. The number of rotatable bonds is 2. The fourth-order valence-electron chi connectivity index (χ4n) is 2.13. The van der Waals surface area contributed by atoms with Crippen molar-refractivity contribution in [2.24, 2.45) is 5.92 Å². The van der Waals surface area contributed by atoms with Crippen LogP contribution in [0.2, 0.25) is 0 Å². The zero-order valence-corrected chi connectivity index (χ0v) is 9.63. The Morgan fingerprint density at radius 3 is 2.53 bits per heavy atom. The first kappa shape index (κ1) is 12.4. The summed E-state index contributed by atoms with van der Waals surface area (Å²) in [5.41, 5.74) is 0.954. The van der Waals surface area contributed by atoms with Crippen molar-refractivity contribution in [3.05, 3.63) is 17.5 Å². The summed E-state index contributed by atoms with van der Waals surface area (Å²) >= 11 is 0. The van der Waals surface area contributed by atoms with Crippen LogP contribution in [0, 0.1) is 12.8 Å². The Labute approximate surface area is 97.6 Å². The number of piperidine rings is 1. The van der Waals surface area contributed by atoms with Crippen LogP contribution < -0.4 is 0 Å². The van der Waals surface area contributed by atoms with E-state index in [0.29, 0.717) is 19.6 Å². The Morgan fingerprint density at radius 1 is 1.41 bits per heavy atom. The highest BCUT2D eigenvalue weighted by Gasteiger charge is 2.40. The largest absolute Gasteiger partial charge is 0.391 e. The molecule has 0 atom stereocenters. The average molecular weight is 248 g/mol. The Hall–Kier alpha value is -1.04. The van der Waals surface area contributed by atoms with Crippen molar-refractivity contribution in [3.63, 3.8) is 0 Å². The van der Waals surface area contributed by atoms with Crippen molar-refractivity contribution >= 4 is 0 Å². The molecule has 1 aliphatic rings. The first-order valence-corrected chi connectivity index (χ1v) is 5.66. The topological polar surface area (TPSA) is 29.3 Å². The Balaban J connectivity index is 1.86. The Kier molecular flexibility index (Phi) is 3.42. The number of likely N-dealkylation sites (tertiary alicyclic amines) is 1. The van der Waals surface area contributed by atoms with Gasteiger partial charge in [0.2, 0.25) is 0 Å². The van der Waals surface area contributed by atoms with E-state index in [1.165, 1.54) is 0 Å². The number of aromatic nitrogens is 1. The molecule has 1 fully saturated rings. The van der Waals surface area contributed by atoms with E-state index < -0.39 is 12.1 Å². The predicted octanol–water partition coefficient (Wildman–Crippen LogP) is 2.76. The molecule has 0 bridgehead atoms. The third-order valence-corrected chi connectivity index (χ3v) is 3.29. The maximum absolute atomic E-state index is 12.5. The molecule has 0 amide bonds. The first-order valence-electron chi connectivity index (χ1n) is 5.66. The van der Waals surface area contributed by atoms with Crippen LogP contribution in [0.1, 0.15) is 24.2 Å². The fourth-order valence-corrected chi connectivity index (χ4v) is 2.13. The molecule has 0 unspecified atom stereocenters. The van der Waals surface area contributed by atoms with Crippen molar-refractivity contribution in [2.45, 2.75) is 32.5 Å². The van der Waals surface area contributed by atoms with E-state index in [4.69, 9.17) is 4.52 Å². The summed E-state index contributed by atoms with van der Waals surface area (Å²) in [6, 6.07) is 0. The van der Waals surface area contributed by atoms with E-state index in [-0.39, 0.29) is 12.8 Å². The van der Waals surface area contributed by atoms with Gasteiger partial charge in [-0.05, 0) is 32.9 Å². The molecule has 6 heteroatoms. The highest BCUT2D eigenvalue weighted by atomic mass is 19.4. The summed E-state index contributed by atoms with van der Waals surface area (Å²) in [5, 5.41) is 3.66. The van der Waals surface area contributed by atoms with Gasteiger partial charge in [-0.2, -0.15) is 13.2 Å². The number of halogens is 3. The van der Waals surface area contributed by atoms with Gasteiger partial charge in [0.15, 0.2) is 0 Å². The van der Waals surface area contributed by atoms with Crippen LogP contribution in [0.15, 0.2) is 10.7 Å². The first-order chi connectivity index (χ1) is 7.97. The van der Waals surface area contributed by atoms with Crippen molar-refractivity contribution in [1.82, 2.24) is 10.1 Å². The van der Waals surface area contributed by atoms with Crippen LogP contribution >= 0.6 is 0 Å². The van der Waals surface area contributed by atoms with Crippen molar-refractivity contribution in [3.8, 4) is 0 Å². The summed E-state index contributed by atoms with van der Waals surface area (Å²) in [6.07, 6.45) is -2.04. The van der Waals surface area contributed by atoms with Crippen LogP contribution in [0.5, 0.6) is 0 Å². The average Bonchev–Trinajstić information content (AvgIpc) is 2.64. The second-order valence-corrected chi connectivity index (χ2v) is 4.50. The van der Waals surface area contributed by atoms with Crippen molar-refractivity contribution < 1.29 is 17.7 Å². The SMILES string of the molecule is Cc1oncc1CN1CCC(C(F)(F)F)CC1. The van der Waals surface area contributed by atoms with E-state index in [2.05, 4.69) is 5.16 Å². The lowest BCUT2D eigenvalue weighted by Gasteiger charge is -2.32. The standard InChI is InChI=1S/C11H15F3N2O/c1-8-9(6-15-17-8)7-16-4-2-10(3-5-16)11(12,13)14/h6,10H,2-5,7H2,1H3. The van der Waals surface area contributed by atoms with Crippen LogP contribution in [-0.2, 0) is 6.54 Å². The van der Waals surface area contributed by atoms with Crippen LogP contribution in [0.3, 0.4) is 0 Å². The van der Waals surface area contributed by atoms with E-state index in [9.17, 15) is 13.2 Å². The molecule has 1 aromatic rings.